The third-order valence-electron chi connectivity index (χ3n) is 5.97. The molecule has 0 unspecified atom stereocenters. The Morgan fingerprint density at radius 2 is 1.97 bits per heavy atom. The zero-order chi connectivity index (χ0) is 20.9. The molecule has 2 heterocycles. The lowest BCUT2D eigenvalue weighted by Crippen LogP contribution is -2.27. The Kier molecular flexibility index (Phi) is 5.41. The molecule has 0 spiro atoms. The molecule has 0 radical (unpaired) electrons. The molecular weight excluding hydrogens is 396 g/mol. The highest BCUT2D eigenvalue weighted by molar-refractivity contribution is 7.99. The predicted molar refractivity (Wildman–Crippen MR) is 126 cm³/mol. The van der Waals surface area contributed by atoms with Crippen molar-refractivity contribution >= 4 is 33.3 Å². The van der Waals surface area contributed by atoms with Gasteiger partial charge in [0.05, 0.1) is 11.1 Å². The van der Waals surface area contributed by atoms with E-state index in [2.05, 4.69) is 47.6 Å². The molecule has 0 N–H and O–H groups in total. The van der Waals surface area contributed by atoms with Gasteiger partial charge in [0.1, 0.15) is 4.83 Å². The first-order valence-electron chi connectivity index (χ1n) is 10.5. The van der Waals surface area contributed by atoms with Crippen molar-refractivity contribution < 1.29 is 0 Å². The van der Waals surface area contributed by atoms with Gasteiger partial charge < -0.3 is 0 Å². The molecule has 5 heteroatoms. The summed E-state index contributed by atoms with van der Waals surface area (Å²) in [6.07, 6.45) is 3.20. The van der Waals surface area contributed by atoms with Crippen LogP contribution < -0.4 is 5.56 Å². The minimum absolute atomic E-state index is 0.0964. The van der Waals surface area contributed by atoms with E-state index in [1.165, 1.54) is 10.4 Å². The topological polar surface area (TPSA) is 34.9 Å². The summed E-state index contributed by atoms with van der Waals surface area (Å²) in [5.74, 6) is 0.658. The fraction of sp³-hybridized carbons (Fsp3) is 0.500. The molecule has 29 heavy (non-hydrogen) atoms. The highest BCUT2D eigenvalue weighted by Gasteiger charge is 2.32. The Morgan fingerprint density at radius 3 is 2.62 bits per heavy atom. The number of aryl methyl sites for hydroxylation is 2. The summed E-state index contributed by atoms with van der Waals surface area (Å²) < 4.78 is 1.85. The average molecular weight is 427 g/mol. The predicted octanol–water partition coefficient (Wildman–Crippen LogP) is 6.41. The molecule has 1 aromatic carbocycles. The van der Waals surface area contributed by atoms with Gasteiger partial charge in [0, 0.05) is 10.1 Å². The lowest BCUT2D eigenvalue weighted by Gasteiger charge is -2.33. The van der Waals surface area contributed by atoms with E-state index in [0.717, 1.165) is 45.9 Å². The molecule has 0 amide bonds. The Balaban J connectivity index is 1.95. The molecule has 1 aliphatic rings. The normalized spacial score (nSPS) is 17.1. The Morgan fingerprint density at radius 1 is 1.24 bits per heavy atom. The minimum atomic E-state index is 0.0964. The zero-order valence-electron chi connectivity index (χ0n) is 18.2. The molecule has 0 aliphatic heterocycles. The van der Waals surface area contributed by atoms with Crippen molar-refractivity contribution in [2.75, 3.05) is 0 Å². The van der Waals surface area contributed by atoms with Crippen LogP contribution in [-0.2, 0) is 12.8 Å². The van der Waals surface area contributed by atoms with E-state index in [1.54, 1.807) is 23.1 Å². The highest BCUT2D eigenvalue weighted by Crippen LogP contribution is 2.42. The number of thioether (sulfide) groups is 1. The van der Waals surface area contributed by atoms with Crippen LogP contribution in [-0.4, -0.2) is 14.8 Å². The van der Waals surface area contributed by atoms with Crippen LogP contribution in [0.25, 0.3) is 15.9 Å². The molecule has 0 bridgehead atoms. The van der Waals surface area contributed by atoms with E-state index >= 15 is 0 Å². The number of nitrogens with zero attached hydrogens (tertiary/aromatic N) is 2. The van der Waals surface area contributed by atoms with Gasteiger partial charge >= 0.3 is 0 Å². The van der Waals surface area contributed by atoms with Crippen molar-refractivity contribution in [2.45, 2.75) is 71.2 Å². The Hall–Kier alpha value is -1.59. The molecule has 1 atom stereocenters. The van der Waals surface area contributed by atoms with Crippen LogP contribution in [0.1, 0.15) is 57.0 Å². The van der Waals surface area contributed by atoms with Gasteiger partial charge in [-0.1, -0.05) is 64.6 Å². The Bertz CT molecular complexity index is 1120. The van der Waals surface area contributed by atoms with E-state index in [1.807, 2.05) is 22.8 Å². The van der Waals surface area contributed by atoms with Crippen molar-refractivity contribution in [3.05, 3.63) is 50.6 Å². The number of hydrogen-bond acceptors (Lipinski definition) is 4. The second kappa shape index (κ2) is 7.59. The van der Waals surface area contributed by atoms with Crippen LogP contribution in [0.3, 0.4) is 0 Å². The average Bonchev–Trinajstić information content (AvgIpc) is 2.99. The first kappa shape index (κ1) is 20.7. The summed E-state index contributed by atoms with van der Waals surface area (Å²) in [7, 11) is 0. The second-order valence-electron chi connectivity index (χ2n) is 9.48. The molecule has 0 fully saturated rings. The molecule has 4 rings (SSSR count). The zero-order valence-corrected chi connectivity index (χ0v) is 19.8. The van der Waals surface area contributed by atoms with Crippen molar-refractivity contribution in [3.8, 4) is 5.69 Å². The van der Waals surface area contributed by atoms with Gasteiger partial charge in [0.2, 0.25) is 0 Å². The van der Waals surface area contributed by atoms with Crippen molar-refractivity contribution in [2.24, 2.45) is 11.3 Å². The van der Waals surface area contributed by atoms with Crippen LogP contribution in [0.15, 0.2) is 34.2 Å². The monoisotopic (exact) mass is 426 g/mol. The van der Waals surface area contributed by atoms with Crippen LogP contribution >= 0.6 is 23.1 Å². The number of aromatic nitrogens is 2. The maximum absolute atomic E-state index is 13.8. The van der Waals surface area contributed by atoms with Crippen molar-refractivity contribution in [1.82, 2.24) is 9.55 Å². The number of rotatable bonds is 3. The molecule has 154 valence electrons. The molecular formula is C24H30N2OS2. The standard InChI is InChI=1S/C24H30N2OS2/c1-14(2)28-23-25-21-20(22(27)26(23)18-10-8-7-9-15(18)3)17-12-11-16(24(4,5)6)13-19(17)29-21/h7-10,14,16H,11-13H2,1-6H3/t16-/m0/s1. The van der Waals surface area contributed by atoms with Crippen LogP contribution in [0.5, 0.6) is 0 Å². The second-order valence-corrected chi connectivity index (χ2v) is 12.1. The van der Waals surface area contributed by atoms with Crippen LogP contribution in [0.4, 0.5) is 0 Å². The maximum atomic E-state index is 13.8. The molecule has 0 saturated heterocycles. The number of para-hydroxylation sites is 1. The van der Waals surface area contributed by atoms with Gasteiger partial charge in [0.15, 0.2) is 5.16 Å². The maximum Gasteiger partial charge on any atom is 0.267 e. The molecule has 1 aliphatic carbocycles. The molecule has 2 aromatic heterocycles. The summed E-state index contributed by atoms with van der Waals surface area (Å²) >= 11 is 3.41. The molecule has 0 saturated carbocycles. The smallest absolute Gasteiger partial charge is 0.267 e. The first-order valence-corrected chi connectivity index (χ1v) is 12.2. The first-order chi connectivity index (χ1) is 13.7. The van der Waals surface area contributed by atoms with E-state index in [4.69, 9.17) is 4.98 Å². The van der Waals surface area contributed by atoms with Crippen molar-refractivity contribution in [3.63, 3.8) is 0 Å². The van der Waals surface area contributed by atoms with Gasteiger partial charge in [-0.3, -0.25) is 9.36 Å². The minimum Gasteiger partial charge on any atom is -0.268 e. The fourth-order valence-corrected chi connectivity index (χ4v) is 6.46. The van der Waals surface area contributed by atoms with Gasteiger partial charge in [-0.05, 0) is 54.7 Å². The van der Waals surface area contributed by atoms with Gasteiger partial charge in [-0.25, -0.2) is 4.98 Å². The number of fused-ring (bicyclic) bond motifs is 3. The van der Waals surface area contributed by atoms with Gasteiger partial charge in [0.25, 0.3) is 5.56 Å². The van der Waals surface area contributed by atoms with E-state index in [-0.39, 0.29) is 5.56 Å². The lowest BCUT2D eigenvalue weighted by atomic mass is 9.72. The van der Waals surface area contributed by atoms with Crippen LogP contribution in [0, 0.1) is 18.3 Å². The summed E-state index contributed by atoms with van der Waals surface area (Å²) in [5, 5.41) is 2.01. The van der Waals surface area contributed by atoms with E-state index in [9.17, 15) is 4.79 Å². The highest BCUT2D eigenvalue weighted by atomic mass is 32.2. The quantitative estimate of drug-likeness (QED) is 0.359. The fourth-order valence-electron chi connectivity index (χ4n) is 4.26. The number of thiophene rings is 1. The Labute approximate surface area is 181 Å². The van der Waals surface area contributed by atoms with Gasteiger partial charge in [-0.15, -0.1) is 11.3 Å². The summed E-state index contributed by atoms with van der Waals surface area (Å²) in [5.41, 5.74) is 3.68. The number of hydrogen-bond donors (Lipinski definition) is 0. The largest absolute Gasteiger partial charge is 0.268 e. The number of benzene rings is 1. The summed E-state index contributed by atoms with van der Waals surface area (Å²) in [6, 6.07) is 8.11. The molecule has 3 nitrogen and oxygen atoms in total. The van der Waals surface area contributed by atoms with Crippen molar-refractivity contribution in [1.29, 1.82) is 0 Å². The summed E-state index contributed by atoms with van der Waals surface area (Å²) in [4.78, 5) is 21.1. The van der Waals surface area contributed by atoms with E-state index < -0.39 is 0 Å². The third-order valence-corrected chi connectivity index (χ3v) is 8.08. The SMILES string of the molecule is Cc1ccccc1-n1c(SC(C)C)nc2sc3c(c2c1=O)CC[C@H](C(C)(C)C)C3. The van der Waals surface area contributed by atoms with Crippen LogP contribution in [0.2, 0.25) is 0 Å². The third kappa shape index (κ3) is 3.79. The summed E-state index contributed by atoms with van der Waals surface area (Å²) in [6.45, 7) is 13.4. The van der Waals surface area contributed by atoms with Gasteiger partial charge in [-0.2, -0.15) is 0 Å². The van der Waals surface area contributed by atoms with E-state index in [0.29, 0.717) is 16.6 Å². The molecule has 3 aromatic rings. The lowest BCUT2D eigenvalue weighted by molar-refractivity contribution is 0.218.